The molecule has 0 atom stereocenters. The van der Waals surface area contributed by atoms with Gasteiger partial charge in [-0.05, 0) is 26.3 Å². The lowest BCUT2D eigenvalue weighted by Gasteiger charge is -2.18. The quantitative estimate of drug-likeness (QED) is 0.854. The van der Waals surface area contributed by atoms with E-state index in [1.807, 2.05) is 44.2 Å². The molecule has 0 unspecified atom stereocenters. The minimum atomic E-state index is -0.714. The number of nitrogens with zero attached hydrogens (tertiary/aromatic N) is 1. The van der Waals surface area contributed by atoms with Gasteiger partial charge in [0.15, 0.2) is 0 Å². The van der Waals surface area contributed by atoms with Gasteiger partial charge >= 0.3 is 11.7 Å². The Morgan fingerprint density at radius 2 is 1.87 bits per heavy atom. The molecule has 6 nitrogen and oxygen atoms in total. The number of nitrogens with one attached hydrogen (secondary N) is 1. The van der Waals surface area contributed by atoms with Gasteiger partial charge in [-0.2, -0.15) is 0 Å². The smallest absolute Gasteiger partial charge is 0.345 e. The predicted octanol–water partition coefficient (Wildman–Crippen LogP) is 1.89. The molecule has 0 fully saturated rings. The third kappa shape index (κ3) is 3.59. The van der Waals surface area contributed by atoms with Crippen LogP contribution >= 0.6 is 0 Å². The molecule has 0 aliphatic heterocycles. The number of hydrogen-bond acceptors (Lipinski definition) is 4. The number of ether oxygens (including phenoxy) is 1. The van der Waals surface area contributed by atoms with Crippen LogP contribution in [0.25, 0.3) is 0 Å². The Kier molecular flexibility index (Phi) is 5.16. The molecule has 0 spiro atoms. The predicted molar refractivity (Wildman–Crippen MR) is 86.9 cm³/mol. The maximum Gasteiger partial charge on any atom is 0.345 e. The average Bonchev–Trinajstić information content (AvgIpc) is 2.47. The van der Waals surface area contributed by atoms with E-state index in [4.69, 9.17) is 4.74 Å². The summed E-state index contributed by atoms with van der Waals surface area (Å²) in [5.74, 6) is -0.714. The van der Waals surface area contributed by atoms with Gasteiger partial charge in [0.1, 0.15) is 5.56 Å². The number of H-pyrrole nitrogens is 1. The summed E-state index contributed by atoms with van der Waals surface area (Å²) in [4.78, 5) is 38.8. The zero-order valence-electron chi connectivity index (χ0n) is 13.5. The van der Waals surface area contributed by atoms with Crippen LogP contribution in [0.15, 0.2) is 39.9 Å². The highest BCUT2D eigenvalue weighted by Crippen LogP contribution is 2.15. The van der Waals surface area contributed by atoms with Crippen LogP contribution in [-0.4, -0.2) is 22.1 Å². The Morgan fingerprint density at radius 1 is 1.22 bits per heavy atom. The molecule has 2 aromatic rings. The summed E-state index contributed by atoms with van der Waals surface area (Å²) in [5.41, 5.74) is -0.0693. The van der Waals surface area contributed by atoms with Crippen LogP contribution in [0.3, 0.4) is 0 Å². The third-order valence-corrected chi connectivity index (χ3v) is 3.46. The first kappa shape index (κ1) is 16.7. The Morgan fingerprint density at radius 3 is 2.43 bits per heavy atom. The van der Waals surface area contributed by atoms with E-state index in [9.17, 15) is 14.4 Å². The van der Waals surface area contributed by atoms with Crippen LogP contribution in [-0.2, 0) is 11.2 Å². The zero-order chi connectivity index (χ0) is 17.0. The van der Waals surface area contributed by atoms with Crippen LogP contribution in [0, 0.1) is 0 Å². The first-order valence-corrected chi connectivity index (χ1v) is 7.54. The molecule has 1 aromatic heterocycles. The fourth-order valence-corrected chi connectivity index (χ4v) is 2.52. The van der Waals surface area contributed by atoms with Gasteiger partial charge in [-0.15, -0.1) is 0 Å². The van der Waals surface area contributed by atoms with Crippen molar-refractivity contribution in [3.05, 3.63) is 68.0 Å². The number of benzene rings is 1. The van der Waals surface area contributed by atoms with Crippen molar-refractivity contribution in [2.45, 2.75) is 33.2 Å². The molecular weight excluding hydrogens is 296 g/mol. The standard InChI is InChI=1S/C17H20N2O4/c1-4-23-16(21)14-13(10-12-8-6-5-7-9-12)19(11(2)3)17(22)18-15(14)20/h5-9,11H,4,10H2,1-3H3,(H,18,20,22). The first-order chi connectivity index (χ1) is 11.0. The van der Waals surface area contributed by atoms with E-state index in [0.717, 1.165) is 5.56 Å². The van der Waals surface area contributed by atoms with Gasteiger partial charge in [0, 0.05) is 18.2 Å². The second-order valence-electron chi connectivity index (χ2n) is 5.43. The maximum atomic E-state index is 12.2. The monoisotopic (exact) mass is 316 g/mol. The summed E-state index contributed by atoms with van der Waals surface area (Å²) in [7, 11) is 0. The third-order valence-electron chi connectivity index (χ3n) is 3.46. The topological polar surface area (TPSA) is 81.2 Å². The number of aromatic nitrogens is 2. The van der Waals surface area contributed by atoms with Gasteiger partial charge in [0.05, 0.1) is 6.61 Å². The Bertz CT molecular complexity index is 804. The largest absolute Gasteiger partial charge is 0.462 e. The van der Waals surface area contributed by atoms with Crippen molar-refractivity contribution >= 4 is 5.97 Å². The molecule has 1 aromatic carbocycles. The minimum absolute atomic E-state index is 0.107. The molecule has 0 aliphatic carbocycles. The van der Waals surface area contributed by atoms with Crippen molar-refractivity contribution in [2.75, 3.05) is 6.61 Å². The van der Waals surface area contributed by atoms with Crippen molar-refractivity contribution in [3.8, 4) is 0 Å². The summed E-state index contributed by atoms with van der Waals surface area (Å²) in [5, 5.41) is 0. The van der Waals surface area contributed by atoms with Crippen LogP contribution in [0.1, 0.15) is 48.4 Å². The lowest BCUT2D eigenvalue weighted by Crippen LogP contribution is -2.38. The molecule has 122 valence electrons. The molecular formula is C17H20N2O4. The molecule has 0 radical (unpaired) electrons. The van der Waals surface area contributed by atoms with Gasteiger partial charge in [-0.25, -0.2) is 9.59 Å². The summed E-state index contributed by atoms with van der Waals surface area (Å²) >= 11 is 0. The van der Waals surface area contributed by atoms with Crippen LogP contribution in [0.5, 0.6) is 0 Å². The molecule has 6 heteroatoms. The van der Waals surface area contributed by atoms with Crippen molar-refractivity contribution in [3.63, 3.8) is 0 Å². The minimum Gasteiger partial charge on any atom is -0.462 e. The second kappa shape index (κ2) is 7.09. The lowest BCUT2D eigenvalue weighted by atomic mass is 10.0. The summed E-state index contributed by atoms with van der Waals surface area (Å²) in [6.45, 7) is 5.47. The molecule has 23 heavy (non-hydrogen) atoms. The highest BCUT2D eigenvalue weighted by Gasteiger charge is 2.23. The molecule has 1 heterocycles. The SMILES string of the molecule is CCOC(=O)c1c(Cc2ccccc2)n(C(C)C)c(=O)[nH]c1=O. The van der Waals surface area contributed by atoms with E-state index in [-0.39, 0.29) is 18.2 Å². The average molecular weight is 316 g/mol. The molecule has 0 saturated carbocycles. The molecule has 0 saturated heterocycles. The number of rotatable bonds is 5. The lowest BCUT2D eigenvalue weighted by molar-refractivity contribution is 0.0521. The molecule has 2 rings (SSSR count). The van der Waals surface area contributed by atoms with Gasteiger partial charge in [0.2, 0.25) is 0 Å². The number of hydrogen-bond donors (Lipinski definition) is 1. The highest BCUT2D eigenvalue weighted by molar-refractivity contribution is 5.90. The molecule has 0 aliphatic rings. The van der Waals surface area contributed by atoms with Crippen molar-refractivity contribution in [1.29, 1.82) is 0 Å². The van der Waals surface area contributed by atoms with E-state index in [1.165, 1.54) is 4.57 Å². The van der Waals surface area contributed by atoms with E-state index in [0.29, 0.717) is 12.1 Å². The number of esters is 1. The highest BCUT2D eigenvalue weighted by atomic mass is 16.5. The summed E-state index contributed by atoms with van der Waals surface area (Å²) < 4.78 is 6.42. The second-order valence-corrected chi connectivity index (χ2v) is 5.43. The molecule has 1 N–H and O–H groups in total. The number of carbonyl (C=O) groups excluding carboxylic acids is 1. The Hall–Kier alpha value is -2.63. The Labute approximate surface area is 133 Å². The first-order valence-electron chi connectivity index (χ1n) is 7.54. The molecule has 0 amide bonds. The van der Waals surface area contributed by atoms with Gasteiger partial charge in [0.25, 0.3) is 5.56 Å². The van der Waals surface area contributed by atoms with E-state index >= 15 is 0 Å². The maximum absolute atomic E-state index is 12.2. The van der Waals surface area contributed by atoms with Crippen LogP contribution < -0.4 is 11.2 Å². The van der Waals surface area contributed by atoms with Crippen LogP contribution in [0.4, 0.5) is 0 Å². The van der Waals surface area contributed by atoms with Crippen molar-refractivity contribution < 1.29 is 9.53 Å². The number of aromatic amines is 1. The van der Waals surface area contributed by atoms with Crippen molar-refractivity contribution in [2.24, 2.45) is 0 Å². The fraction of sp³-hybridized carbons (Fsp3) is 0.353. The van der Waals surface area contributed by atoms with Crippen LogP contribution in [0.2, 0.25) is 0 Å². The van der Waals surface area contributed by atoms with Gasteiger partial charge in [-0.1, -0.05) is 30.3 Å². The van der Waals surface area contributed by atoms with E-state index < -0.39 is 17.2 Å². The molecule has 0 bridgehead atoms. The van der Waals surface area contributed by atoms with Gasteiger partial charge < -0.3 is 4.74 Å². The summed E-state index contributed by atoms with van der Waals surface area (Å²) in [6, 6.07) is 9.17. The fourth-order valence-electron chi connectivity index (χ4n) is 2.52. The van der Waals surface area contributed by atoms with Gasteiger partial charge in [-0.3, -0.25) is 14.3 Å². The zero-order valence-corrected chi connectivity index (χ0v) is 13.5. The number of carbonyl (C=O) groups is 1. The summed E-state index contributed by atoms with van der Waals surface area (Å²) in [6.07, 6.45) is 0.298. The Balaban J connectivity index is 2.70. The van der Waals surface area contributed by atoms with Crippen molar-refractivity contribution in [1.82, 2.24) is 9.55 Å². The normalized spacial score (nSPS) is 10.8. The van der Waals surface area contributed by atoms with E-state index in [2.05, 4.69) is 4.98 Å². The van der Waals surface area contributed by atoms with E-state index in [1.54, 1.807) is 6.92 Å².